The van der Waals surface area contributed by atoms with E-state index >= 15 is 0 Å². The summed E-state index contributed by atoms with van der Waals surface area (Å²) in [6, 6.07) is 10.6. The van der Waals surface area contributed by atoms with Crippen molar-refractivity contribution >= 4 is 31.9 Å². The zero-order valence-corrected chi connectivity index (χ0v) is 13.6. The molecule has 0 amide bonds. The van der Waals surface area contributed by atoms with Gasteiger partial charge in [0.25, 0.3) is 0 Å². The average Bonchev–Trinajstić information content (AvgIpc) is 2.38. The molecular formula is C15H13Br2FO. The molecule has 1 nitrogen and oxygen atoms in total. The minimum absolute atomic E-state index is 0.231. The molecule has 0 heterocycles. The lowest BCUT2D eigenvalue weighted by Crippen LogP contribution is -2.02. The molecule has 2 aromatic carbocycles. The molecule has 0 atom stereocenters. The Hall–Kier alpha value is -0.870. The molecule has 0 fully saturated rings. The van der Waals surface area contributed by atoms with Crippen LogP contribution in [0.25, 0.3) is 0 Å². The van der Waals surface area contributed by atoms with Gasteiger partial charge in [-0.15, -0.1) is 0 Å². The molecule has 0 N–H and O–H groups in total. The second-order valence-electron chi connectivity index (χ2n) is 4.22. The fraction of sp³-hybridized carbons (Fsp3) is 0.200. The third-order valence-electron chi connectivity index (χ3n) is 2.79. The van der Waals surface area contributed by atoms with Crippen molar-refractivity contribution in [1.29, 1.82) is 0 Å². The van der Waals surface area contributed by atoms with Gasteiger partial charge in [0, 0.05) is 20.9 Å². The Balaban J connectivity index is 2.22. The first-order valence-electron chi connectivity index (χ1n) is 5.83. The number of alkyl halides is 1. The maximum absolute atomic E-state index is 13.5. The number of benzene rings is 2. The first-order valence-corrected chi connectivity index (χ1v) is 7.74. The molecule has 0 aliphatic rings. The maximum atomic E-state index is 13.5. The van der Waals surface area contributed by atoms with Crippen LogP contribution in [0.3, 0.4) is 0 Å². The molecule has 0 saturated carbocycles. The van der Waals surface area contributed by atoms with E-state index < -0.39 is 0 Å². The van der Waals surface area contributed by atoms with Crippen LogP contribution in [0.15, 0.2) is 40.9 Å². The summed E-state index contributed by atoms with van der Waals surface area (Å²) in [6.45, 7) is 2.21. The monoisotopic (exact) mass is 386 g/mol. The Morgan fingerprint density at radius 3 is 2.58 bits per heavy atom. The van der Waals surface area contributed by atoms with E-state index in [-0.39, 0.29) is 12.4 Å². The molecule has 0 aliphatic heterocycles. The van der Waals surface area contributed by atoms with Crippen LogP contribution in [-0.4, -0.2) is 0 Å². The molecule has 2 aromatic rings. The molecule has 0 aliphatic carbocycles. The molecule has 4 heteroatoms. The van der Waals surface area contributed by atoms with E-state index in [1.165, 1.54) is 6.07 Å². The average molecular weight is 388 g/mol. The van der Waals surface area contributed by atoms with Gasteiger partial charge in [0.15, 0.2) is 0 Å². The van der Waals surface area contributed by atoms with Crippen LogP contribution >= 0.6 is 31.9 Å². The summed E-state index contributed by atoms with van der Waals surface area (Å²) in [5, 5.41) is 0.694. The van der Waals surface area contributed by atoms with Crippen molar-refractivity contribution in [3.63, 3.8) is 0 Å². The SMILES string of the molecule is Cc1cc(Br)cc(CBr)c1OCc1ccccc1F. The van der Waals surface area contributed by atoms with Crippen molar-refractivity contribution in [3.8, 4) is 5.75 Å². The Morgan fingerprint density at radius 2 is 1.89 bits per heavy atom. The third-order valence-corrected chi connectivity index (χ3v) is 3.85. The third kappa shape index (κ3) is 3.57. The summed E-state index contributed by atoms with van der Waals surface area (Å²) >= 11 is 6.90. The van der Waals surface area contributed by atoms with E-state index in [4.69, 9.17) is 4.74 Å². The fourth-order valence-corrected chi connectivity index (χ4v) is 2.91. The number of hydrogen-bond donors (Lipinski definition) is 0. The number of hydrogen-bond acceptors (Lipinski definition) is 1. The number of aryl methyl sites for hydroxylation is 1. The summed E-state index contributed by atoms with van der Waals surface area (Å²) in [5.74, 6) is 0.570. The Labute approximate surface area is 129 Å². The molecular weight excluding hydrogens is 375 g/mol. The van der Waals surface area contributed by atoms with Crippen LogP contribution in [0.4, 0.5) is 4.39 Å². The molecule has 0 bridgehead atoms. The van der Waals surface area contributed by atoms with Gasteiger partial charge in [-0.3, -0.25) is 0 Å². The Morgan fingerprint density at radius 1 is 1.16 bits per heavy atom. The van der Waals surface area contributed by atoms with Gasteiger partial charge in [-0.1, -0.05) is 50.1 Å². The smallest absolute Gasteiger partial charge is 0.129 e. The fourth-order valence-electron chi connectivity index (χ4n) is 1.87. The topological polar surface area (TPSA) is 9.23 Å². The van der Waals surface area contributed by atoms with Crippen molar-refractivity contribution in [2.45, 2.75) is 18.9 Å². The van der Waals surface area contributed by atoms with Crippen molar-refractivity contribution in [2.75, 3.05) is 0 Å². The normalized spacial score (nSPS) is 10.5. The van der Waals surface area contributed by atoms with Gasteiger partial charge < -0.3 is 4.74 Å². The van der Waals surface area contributed by atoms with Crippen LogP contribution in [0.5, 0.6) is 5.75 Å². The molecule has 0 radical (unpaired) electrons. The zero-order chi connectivity index (χ0) is 13.8. The Bertz CT molecular complexity index is 584. The lowest BCUT2D eigenvalue weighted by molar-refractivity contribution is 0.295. The van der Waals surface area contributed by atoms with Gasteiger partial charge in [-0.2, -0.15) is 0 Å². The van der Waals surface area contributed by atoms with E-state index in [0.717, 1.165) is 21.3 Å². The lowest BCUT2D eigenvalue weighted by atomic mass is 10.1. The van der Waals surface area contributed by atoms with Crippen LogP contribution in [0, 0.1) is 12.7 Å². The summed E-state index contributed by atoms with van der Waals surface area (Å²) < 4.78 is 20.3. The minimum Gasteiger partial charge on any atom is -0.488 e. The molecule has 0 aromatic heterocycles. The predicted molar refractivity (Wildman–Crippen MR) is 82.2 cm³/mol. The number of rotatable bonds is 4. The zero-order valence-electron chi connectivity index (χ0n) is 10.4. The van der Waals surface area contributed by atoms with E-state index in [1.54, 1.807) is 12.1 Å². The summed E-state index contributed by atoms with van der Waals surface area (Å²) in [7, 11) is 0. The van der Waals surface area contributed by atoms with Gasteiger partial charge >= 0.3 is 0 Å². The lowest BCUT2D eigenvalue weighted by Gasteiger charge is -2.14. The molecule has 100 valence electrons. The van der Waals surface area contributed by atoms with E-state index in [0.29, 0.717) is 10.9 Å². The second-order valence-corrected chi connectivity index (χ2v) is 5.70. The molecule has 19 heavy (non-hydrogen) atoms. The van der Waals surface area contributed by atoms with E-state index in [9.17, 15) is 4.39 Å². The summed E-state index contributed by atoms with van der Waals surface area (Å²) in [6.07, 6.45) is 0. The second kappa shape index (κ2) is 6.53. The first-order chi connectivity index (χ1) is 9.11. The van der Waals surface area contributed by atoms with Gasteiger partial charge in [0.1, 0.15) is 18.2 Å². The van der Waals surface area contributed by atoms with Crippen molar-refractivity contribution in [1.82, 2.24) is 0 Å². The highest BCUT2D eigenvalue weighted by molar-refractivity contribution is 9.10. The maximum Gasteiger partial charge on any atom is 0.129 e. The van der Waals surface area contributed by atoms with Gasteiger partial charge in [-0.25, -0.2) is 4.39 Å². The minimum atomic E-state index is -0.238. The van der Waals surface area contributed by atoms with Gasteiger partial charge in [-0.05, 0) is 30.7 Å². The Kier molecular flexibility index (Phi) is 4.99. The van der Waals surface area contributed by atoms with Crippen molar-refractivity contribution in [3.05, 3.63) is 63.4 Å². The standard InChI is InChI=1S/C15H13Br2FO/c1-10-6-13(17)7-12(8-16)15(10)19-9-11-4-2-3-5-14(11)18/h2-7H,8-9H2,1H3. The van der Waals surface area contributed by atoms with Crippen molar-refractivity contribution < 1.29 is 9.13 Å². The molecule has 0 spiro atoms. The largest absolute Gasteiger partial charge is 0.488 e. The van der Waals surface area contributed by atoms with Crippen LogP contribution in [-0.2, 0) is 11.9 Å². The van der Waals surface area contributed by atoms with E-state index in [1.807, 2.05) is 25.1 Å². The molecule has 2 rings (SSSR count). The molecule has 0 saturated heterocycles. The van der Waals surface area contributed by atoms with Crippen LogP contribution in [0.2, 0.25) is 0 Å². The number of halogens is 3. The van der Waals surface area contributed by atoms with Crippen LogP contribution in [0.1, 0.15) is 16.7 Å². The molecule has 0 unspecified atom stereocenters. The predicted octanol–water partition coefficient (Wildman–Crippen LogP) is 5.37. The van der Waals surface area contributed by atoms with Crippen LogP contribution < -0.4 is 4.74 Å². The quantitative estimate of drug-likeness (QED) is 0.640. The highest BCUT2D eigenvalue weighted by Gasteiger charge is 2.09. The van der Waals surface area contributed by atoms with E-state index in [2.05, 4.69) is 31.9 Å². The number of ether oxygens (including phenoxy) is 1. The van der Waals surface area contributed by atoms with Gasteiger partial charge in [0.05, 0.1) is 0 Å². The highest BCUT2D eigenvalue weighted by Crippen LogP contribution is 2.30. The van der Waals surface area contributed by atoms with Crippen molar-refractivity contribution in [2.24, 2.45) is 0 Å². The summed E-state index contributed by atoms with van der Waals surface area (Å²) in [4.78, 5) is 0. The highest BCUT2D eigenvalue weighted by atomic mass is 79.9. The van der Waals surface area contributed by atoms with Gasteiger partial charge in [0.2, 0.25) is 0 Å². The first kappa shape index (κ1) is 14.5. The summed E-state index contributed by atoms with van der Waals surface area (Å²) in [5.41, 5.74) is 2.63.